The third kappa shape index (κ3) is 31.7. The van der Waals surface area contributed by atoms with Gasteiger partial charge in [-0.1, -0.05) is 105 Å². The Morgan fingerprint density at radius 2 is 1.14 bits per heavy atom. The first-order valence-corrected chi connectivity index (χ1v) is 18.6. The summed E-state index contributed by atoms with van der Waals surface area (Å²) in [7, 11) is -4.75. The van der Waals surface area contributed by atoms with Crippen LogP contribution in [0.3, 0.4) is 0 Å². The van der Waals surface area contributed by atoms with Crippen molar-refractivity contribution in [1.82, 2.24) is 5.32 Å². The van der Waals surface area contributed by atoms with E-state index in [4.69, 9.17) is 4.74 Å². The Morgan fingerprint density at radius 3 is 1.61 bits per heavy atom. The lowest BCUT2D eigenvalue weighted by atomic mass is 10.2. The predicted molar refractivity (Wildman–Crippen MR) is 194 cm³/mol. The number of hydrogen-bond acceptors (Lipinski definition) is 8. The van der Waals surface area contributed by atoms with Crippen LogP contribution in [0, 0.1) is 0 Å². The van der Waals surface area contributed by atoms with Gasteiger partial charge in [-0.2, -0.15) is 0 Å². The highest BCUT2D eigenvalue weighted by Crippen LogP contribution is 2.43. The third-order valence-corrected chi connectivity index (χ3v) is 7.40. The molecule has 0 aromatic heterocycles. The molecule has 0 saturated heterocycles. The second kappa shape index (κ2) is 31.9. The van der Waals surface area contributed by atoms with Crippen LogP contribution in [0.25, 0.3) is 0 Å². The zero-order chi connectivity index (χ0) is 36.4. The predicted octanol–water partition coefficient (Wildman–Crippen LogP) is 7.60. The molecule has 4 N–H and O–H groups in total. The van der Waals surface area contributed by atoms with Crippen LogP contribution >= 0.6 is 7.82 Å². The van der Waals surface area contributed by atoms with Crippen molar-refractivity contribution < 1.29 is 47.8 Å². The molecule has 0 fully saturated rings. The van der Waals surface area contributed by atoms with Gasteiger partial charge >= 0.3 is 19.8 Å². The molecule has 0 aliphatic rings. The van der Waals surface area contributed by atoms with Crippen LogP contribution in [0.5, 0.6) is 0 Å². The van der Waals surface area contributed by atoms with Crippen LogP contribution in [-0.2, 0) is 32.7 Å². The molecule has 0 radical (unpaired) electrons. The SMILES string of the molecule is CC/C=C\C/C=C\C/C=C\C/C=C\C/C=C\C/C=C\C/C=C\CCCC(=O)NC(COP(=O)(O)OCC(O)COC(=O)CCCC)C(=O)O. The summed E-state index contributed by atoms with van der Waals surface area (Å²) < 4.78 is 26.2. The summed E-state index contributed by atoms with van der Waals surface area (Å²) in [5.41, 5.74) is 0. The minimum absolute atomic E-state index is 0.0600. The zero-order valence-corrected chi connectivity index (χ0v) is 30.1. The number of hydrogen-bond donors (Lipinski definition) is 4. The summed E-state index contributed by atoms with van der Waals surface area (Å²) in [6.45, 7) is 2.09. The molecule has 1 amide bonds. The number of carboxylic acid groups (broad SMARTS) is 1. The normalized spacial score (nSPS) is 15.0. The maximum Gasteiger partial charge on any atom is 0.472 e. The zero-order valence-electron chi connectivity index (χ0n) is 29.2. The number of carbonyl (C=O) groups is 3. The van der Waals surface area contributed by atoms with E-state index in [1.807, 2.05) is 19.1 Å². The number of carboxylic acids is 1. The summed E-state index contributed by atoms with van der Waals surface area (Å²) >= 11 is 0. The van der Waals surface area contributed by atoms with Gasteiger partial charge in [0.25, 0.3) is 0 Å². The molecule has 0 aromatic rings. The van der Waals surface area contributed by atoms with Crippen LogP contribution in [-0.4, -0.2) is 64.9 Å². The summed E-state index contributed by atoms with van der Waals surface area (Å²) in [5, 5.41) is 21.4. The molecule has 0 saturated carbocycles. The van der Waals surface area contributed by atoms with Gasteiger partial charge in [0, 0.05) is 12.8 Å². The average molecular weight is 708 g/mol. The van der Waals surface area contributed by atoms with E-state index in [9.17, 15) is 34.1 Å². The Labute approximate surface area is 292 Å². The maximum atomic E-state index is 12.2. The Kier molecular flexibility index (Phi) is 29.7. The summed E-state index contributed by atoms with van der Waals surface area (Å²) in [6.07, 6.45) is 37.7. The van der Waals surface area contributed by atoms with Gasteiger partial charge in [-0.05, 0) is 64.2 Å². The minimum atomic E-state index is -4.75. The molecular weight excluding hydrogens is 649 g/mol. The number of aliphatic hydroxyl groups is 1. The first kappa shape index (κ1) is 45.7. The summed E-state index contributed by atoms with van der Waals surface area (Å²) in [4.78, 5) is 44.9. The Balaban J connectivity index is 4.08. The number of carbonyl (C=O) groups excluding carboxylic acids is 2. The first-order valence-electron chi connectivity index (χ1n) is 17.1. The third-order valence-electron chi connectivity index (χ3n) is 6.45. The van der Waals surface area contributed by atoms with E-state index >= 15 is 0 Å². The molecule has 0 spiro atoms. The number of phosphoric acid groups is 1. The summed E-state index contributed by atoms with van der Waals surface area (Å²) in [5.74, 6) is -2.51. The van der Waals surface area contributed by atoms with Crippen molar-refractivity contribution in [2.45, 2.75) is 109 Å². The highest BCUT2D eigenvalue weighted by molar-refractivity contribution is 7.47. The molecule has 11 nitrogen and oxygen atoms in total. The van der Waals surface area contributed by atoms with Crippen molar-refractivity contribution in [2.24, 2.45) is 0 Å². The number of phosphoric ester groups is 1. The van der Waals surface area contributed by atoms with Gasteiger partial charge in [0.15, 0.2) is 6.04 Å². The first-order chi connectivity index (χ1) is 23.6. The van der Waals surface area contributed by atoms with Crippen molar-refractivity contribution in [3.63, 3.8) is 0 Å². The van der Waals surface area contributed by atoms with Crippen molar-refractivity contribution in [2.75, 3.05) is 19.8 Å². The average Bonchev–Trinajstić information content (AvgIpc) is 3.07. The fourth-order valence-corrected chi connectivity index (χ4v) is 4.52. The molecule has 276 valence electrons. The molecule has 0 aliphatic carbocycles. The van der Waals surface area contributed by atoms with Crippen LogP contribution in [0.4, 0.5) is 0 Å². The van der Waals surface area contributed by atoms with E-state index in [-0.39, 0.29) is 12.8 Å². The number of aliphatic hydroxyl groups excluding tert-OH is 1. The second-order valence-electron chi connectivity index (χ2n) is 11.0. The highest BCUT2D eigenvalue weighted by Gasteiger charge is 2.28. The lowest BCUT2D eigenvalue weighted by molar-refractivity contribution is -0.147. The van der Waals surface area contributed by atoms with Gasteiger partial charge in [0.05, 0.1) is 13.2 Å². The Hall–Kier alpha value is -3.34. The van der Waals surface area contributed by atoms with E-state index in [1.165, 1.54) is 0 Å². The minimum Gasteiger partial charge on any atom is -0.480 e. The van der Waals surface area contributed by atoms with E-state index in [2.05, 4.69) is 94.2 Å². The van der Waals surface area contributed by atoms with E-state index < -0.39 is 57.6 Å². The van der Waals surface area contributed by atoms with Gasteiger partial charge in [-0.3, -0.25) is 18.6 Å². The molecule has 0 rings (SSSR count). The summed E-state index contributed by atoms with van der Waals surface area (Å²) in [6, 6.07) is -1.58. The van der Waals surface area contributed by atoms with Crippen molar-refractivity contribution in [3.05, 3.63) is 85.1 Å². The number of rotatable bonds is 30. The molecule has 0 aromatic carbocycles. The standard InChI is InChI=1S/C37H58NO10P/c1-3-5-7-8-9-10-11-12-13-14-15-16-17-18-19-20-21-22-23-24-25-26-27-28-35(40)38-34(37(42)43)32-48-49(44,45)47-31-33(39)30-46-36(41)29-6-4-2/h5,7,9-10,12-13,15-16,18-19,21-22,24-25,33-34,39H,3-4,6,8,11,14,17,20,23,26-32H2,1-2H3,(H,38,40)(H,42,43)(H,44,45)/b7-5-,10-9-,13-12-,16-15-,19-18-,22-21-,25-24-. The lowest BCUT2D eigenvalue weighted by Gasteiger charge is -2.18. The lowest BCUT2D eigenvalue weighted by Crippen LogP contribution is -2.43. The smallest absolute Gasteiger partial charge is 0.472 e. The number of esters is 1. The molecule has 3 atom stereocenters. The molecule has 3 unspecified atom stereocenters. The molecule has 0 aliphatic heterocycles. The fraction of sp³-hybridized carbons (Fsp3) is 0.541. The van der Waals surface area contributed by atoms with E-state index in [0.717, 1.165) is 51.4 Å². The van der Waals surface area contributed by atoms with E-state index in [1.54, 1.807) is 0 Å². The topological polar surface area (TPSA) is 169 Å². The maximum absolute atomic E-state index is 12.2. The number of ether oxygens (including phenoxy) is 1. The molecule has 0 bridgehead atoms. The number of allylic oxidation sites excluding steroid dienone is 14. The van der Waals surface area contributed by atoms with Crippen molar-refractivity contribution in [3.8, 4) is 0 Å². The fourth-order valence-electron chi connectivity index (χ4n) is 3.75. The number of aliphatic carboxylic acids is 1. The van der Waals surface area contributed by atoms with Crippen molar-refractivity contribution in [1.29, 1.82) is 0 Å². The molecule has 0 heterocycles. The Morgan fingerprint density at radius 1 is 0.673 bits per heavy atom. The highest BCUT2D eigenvalue weighted by atomic mass is 31.2. The van der Waals surface area contributed by atoms with E-state index in [0.29, 0.717) is 19.3 Å². The van der Waals surface area contributed by atoms with Gasteiger partial charge in [-0.15, -0.1) is 0 Å². The quantitative estimate of drug-likeness (QED) is 0.0252. The van der Waals surface area contributed by atoms with Gasteiger partial charge in [0.1, 0.15) is 12.7 Å². The number of amides is 1. The molecule has 12 heteroatoms. The van der Waals surface area contributed by atoms with Gasteiger partial charge < -0.3 is 25.2 Å². The van der Waals surface area contributed by atoms with Crippen LogP contribution < -0.4 is 5.32 Å². The largest absolute Gasteiger partial charge is 0.480 e. The monoisotopic (exact) mass is 707 g/mol. The second-order valence-corrected chi connectivity index (χ2v) is 12.4. The van der Waals surface area contributed by atoms with Gasteiger partial charge in [-0.25, -0.2) is 9.36 Å². The molecule has 49 heavy (non-hydrogen) atoms. The number of nitrogens with one attached hydrogen (secondary N) is 1. The van der Waals surface area contributed by atoms with Crippen molar-refractivity contribution >= 4 is 25.7 Å². The molecular formula is C37H58NO10P. The number of unbranched alkanes of at least 4 members (excludes halogenated alkanes) is 2. The Bertz CT molecular complexity index is 1160. The van der Waals surface area contributed by atoms with Gasteiger partial charge in [0.2, 0.25) is 5.91 Å². The van der Waals surface area contributed by atoms with Crippen LogP contribution in [0.1, 0.15) is 97.3 Å². The van der Waals surface area contributed by atoms with Crippen LogP contribution in [0.15, 0.2) is 85.1 Å². The van der Waals surface area contributed by atoms with Crippen LogP contribution in [0.2, 0.25) is 0 Å².